The molecular formula is C26H33N3O. The van der Waals surface area contributed by atoms with Gasteiger partial charge in [0.25, 0.3) is 5.91 Å². The smallest absolute Gasteiger partial charge is 0.253 e. The molecule has 4 nitrogen and oxygen atoms in total. The molecule has 1 fully saturated rings. The van der Waals surface area contributed by atoms with Crippen LogP contribution in [0.4, 0.5) is 0 Å². The molecule has 0 atom stereocenters. The Hall–Kier alpha value is -2.59. The van der Waals surface area contributed by atoms with Crippen LogP contribution in [0.15, 0.2) is 54.6 Å². The SMILES string of the molecule is CCN(Cc1ccc(C(=O)N2CCC(c3cc4ccccc4[nH]3)CC2)cc1)C(C)C. The minimum Gasteiger partial charge on any atom is -0.358 e. The van der Waals surface area contributed by atoms with Crippen LogP contribution in [-0.4, -0.2) is 46.4 Å². The summed E-state index contributed by atoms with van der Waals surface area (Å²) in [5.74, 6) is 0.660. The molecule has 0 bridgehead atoms. The molecule has 1 aliphatic heterocycles. The van der Waals surface area contributed by atoms with Crippen LogP contribution in [-0.2, 0) is 6.54 Å². The van der Waals surface area contributed by atoms with Crippen molar-refractivity contribution in [2.75, 3.05) is 19.6 Å². The minimum atomic E-state index is 0.160. The van der Waals surface area contributed by atoms with Gasteiger partial charge in [-0.05, 0) is 68.4 Å². The highest BCUT2D eigenvalue weighted by atomic mass is 16.2. The number of nitrogens with one attached hydrogen (secondary N) is 1. The number of hydrogen-bond donors (Lipinski definition) is 1. The van der Waals surface area contributed by atoms with Crippen molar-refractivity contribution < 1.29 is 4.79 Å². The summed E-state index contributed by atoms with van der Waals surface area (Å²) in [6, 6.07) is 19.4. The molecule has 0 radical (unpaired) electrons. The van der Waals surface area contributed by atoms with Gasteiger partial charge in [-0.25, -0.2) is 0 Å². The van der Waals surface area contributed by atoms with Gasteiger partial charge in [-0.2, -0.15) is 0 Å². The average Bonchev–Trinajstić information content (AvgIpc) is 3.21. The molecule has 0 unspecified atom stereocenters. The molecule has 3 aromatic rings. The van der Waals surface area contributed by atoms with Crippen molar-refractivity contribution in [3.8, 4) is 0 Å². The second-order valence-electron chi connectivity index (χ2n) is 8.73. The first kappa shape index (κ1) is 20.7. The summed E-state index contributed by atoms with van der Waals surface area (Å²) in [7, 11) is 0. The lowest BCUT2D eigenvalue weighted by molar-refractivity contribution is 0.0712. The molecule has 1 amide bonds. The molecule has 1 N–H and O–H groups in total. The van der Waals surface area contributed by atoms with Crippen molar-refractivity contribution in [1.82, 2.24) is 14.8 Å². The van der Waals surface area contributed by atoms with Crippen molar-refractivity contribution in [3.63, 3.8) is 0 Å². The number of H-pyrrole nitrogens is 1. The number of rotatable bonds is 6. The average molecular weight is 404 g/mol. The van der Waals surface area contributed by atoms with E-state index in [4.69, 9.17) is 0 Å². The summed E-state index contributed by atoms with van der Waals surface area (Å²) in [5.41, 5.74) is 4.57. The van der Waals surface area contributed by atoms with Crippen LogP contribution in [0.1, 0.15) is 61.1 Å². The van der Waals surface area contributed by atoms with Gasteiger partial charge >= 0.3 is 0 Å². The second kappa shape index (κ2) is 9.05. The molecule has 1 aliphatic rings. The zero-order valence-corrected chi connectivity index (χ0v) is 18.4. The van der Waals surface area contributed by atoms with E-state index < -0.39 is 0 Å². The normalized spacial score (nSPS) is 15.4. The van der Waals surface area contributed by atoms with E-state index in [2.05, 4.69) is 73.1 Å². The number of aromatic nitrogens is 1. The van der Waals surface area contributed by atoms with Crippen LogP contribution in [0.25, 0.3) is 10.9 Å². The molecule has 1 saturated heterocycles. The highest BCUT2D eigenvalue weighted by Gasteiger charge is 2.25. The highest BCUT2D eigenvalue weighted by molar-refractivity contribution is 5.94. The van der Waals surface area contributed by atoms with Gasteiger partial charge in [0.1, 0.15) is 0 Å². The number of para-hydroxylation sites is 1. The van der Waals surface area contributed by atoms with Crippen LogP contribution in [0, 0.1) is 0 Å². The third kappa shape index (κ3) is 4.44. The highest BCUT2D eigenvalue weighted by Crippen LogP contribution is 2.30. The van der Waals surface area contributed by atoms with E-state index in [1.165, 1.54) is 22.2 Å². The summed E-state index contributed by atoms with van der Waals surface area (Å²) in [6.07, 6.45) is 2.02. The van der Waals surface area contributed by atoms with Gasteiger partial charge in [-0.1, -0.05) is 37.3 Å². The molecule has 2 aromatic carbocycles. The van der Waals surface area contributed by atoms with Crippen molar-refractivity contribution in [2.45, 2.75) is 52.1 Å². The standard InChI is InChI=1S/C26H33N3O/c1-4-28(19(2)3)18-20-9-11-22(12-10-20)26(30)29-15-13-21(14-16-29)25-17-23-7-5-6-8-24(23)27-25/h5-12,17,19,21,27H,4,13-16,18H2,1-3H3. The summed E-state index contributed by atoms with van der Waals surface area (Å²) < 4.78 is 0. The Morgan fingerprint density at radius 3 is 2.43 bits per heavy atom. The molecule has 0 aliphatic carbocycles. The minimum absolute atomic E-state index is 0.160. The largest absolute Gasteiger partial charge is 0.358 e. The van der Waals surface area contributed by atoms with Crippen molar-refractivity contribution in [2.24, 2.45) is 0 Å². The Morgan fingerprint density at radius 1 is 1.10 bits per heavy atom. The number of likely N-dealkylation sites (tertiary alicyclic amines) is 1. The predicted octanol–water partition coefficient (Wildman–Crippen LogP) is 5.42. The van der Waals surface area contributed by atoms with E-state index in [-0.39, 0.29) is 5.91 Å². The van der Waals surface area contributed by atoms with Gasteiger partial charge in [-0.3, -0.25) is 9.69 Å². The molecule has 0 saturated carbocycles. The number of piperidine rings is 1. The fourth-order valence-corrected chi connectivity index (χ4v) is 4.54. The first-order valence-corrected chi connectivity index (χ1v) is 11.2. The first-order valence-electron chi connectivity index (χ1n) is 11.2. The first-order chi connectivity index (χ1) is 14.5. The van der Waals surface area contributed by atoms with Crippen molar-refractivity contribution >= 4 is 16.8 Å². The van der Waals surface area contributed by atoms with E-state index in [0.717, 1.165) is 44.6 Å². The van der Waals surface area contributed by atoms with Crippen LogP contribution in [0.2, 0.25) is 0 Å². The van der Waals surface area contributed by atoms with Gasteiger partial charge in [0.2, 0.25) is 0 Å². The van der Waals surface area contributed by atoms with E-state index in [1.807, 2.05) is 17.0 Å². The van der Waals surface area contributed by atoms with Gasteiger partial charge < -0.3 is 9.88 Å². The molecule has 0 spiro atoms. The van der Waals surface area contributed by atoms with E-state index in [1.54, 1.807) is 0 Å². The molecule has 4 heteroatoms. The third-order valence-corrected chi connectivity index (χ3v) is 6.50. The summed E-state index contributed by atoms with van der Waals surface area (Å²) in [5, 5.41) is 1.27. The van der Waals surface area contributed by atoms with E-state index >= 15 is 0 Å². The monoisotopic (exact) mass is 403 g/mol. The lowest BCUT2D eigenvalue weighted by atomic mass is 9.93. The van der Waals surface area contributed by atoms with Gasteiger partial charge in [-0.15, -0.1) is 0 Å². The third-order valence-electron chi connectivity index (χ3n) is 6.50. The predicted molar refractivity (Wildman–Crippen MR) is 124 cm³/mol. The molecule has 158 valence electrons. The maximum atomic E-state index is 13.0. The van der Waals surface area contributed by atoms with E-state index in [9.17, 15) is 4.79 Å². The molecular weight excluding hydrogens is 370 g/mol. The number of carbonyl (C=O) groups excluding carboxylic acids is 1. The van der Waals surface area contributed by atoms with Gasteiger partial charge in [0.05, 0.1) is 0 Å². The van der Waals surface area contributed by atoms with Crippen LogP contribution < -0.4 is 0 Å². The van der Waals surface area contributed by atoms with Crippen molar-refractivity contribution in [1.29, 1.82) is 0 Å². The second-order valence-corrected chi connectivity index (χ2v) is 8.73. The van der Waals surface area contributed by atoms with E-state index in [0.29, 0.717) is 12.0 Å². The number of amides is 1. The number of fused-ring (bicyclic) bond motifs is 1. The summed E-state index contributed by atoms with van der Waals surface area (Å²) in [4.78, 5) is 21.0. The molecule has 30 heavy (non-hydrogen) atoms. The van der Waals surface area contributed by atoms with Crippen LogP contribution in [0.3, 0.4) is 0 Å². The fourth-order valence-electron chi connectivity index (χ4n) is 4.54. The van der Waals surface area contributed by atoms with Crippen molar-refractivity contribution in [3.05, 3.63) is 71.4 Å². The molecule has 2 heterocycles. The maximum absolute atomic E-state index is 13.0. The Bertz CT molecular complexity index is 948. The zero-order valence-electron chi connectivity index (χ0n) is 18.4. The lowest BCUT2D eigenvalue weighted by Gasteiger charge is -2.32. The quantitative estimate of drug-likeness (QED) is 0.597. The number of hydrogen-bond acceptors (Lipinski definition) is 2. The maximum Gasteiger partial charge on any atom is 0.253 e. The molecule has 4 rings (SSSR count). The number of aromatic amines is 1. The number of benzene rings is 2. The van der Waals surface area contributed by atoms with Crippen LogP contribution >= 0.6 is 0 Å². The number of carbonyl (C=O) groups is 1. The lowest BCUT2D eigenvalue weighted by Crippen LogP contribution is -2.38. The summed E-state index contributed by atoms with van der Waals surface area (Å²) in [6.45, 7) is 10.2. The Morgan fingerprint density at radius 2 is 1.80 bits per heavy atom. The molecule has 1 aromatic heterocycles. The van der Waals surface area contributed by atoms with Gasteiger partial charge in [0, 0.05) is 48.4 Å². The Kier molecular flexibility index (Phi) is 6.24. The Labute approximate surface area is 179 Å². The fraction of sp³-hybridized carbons (Fsp3) is 0.423. The Balaban J connectivity index is 1.35. The van der Waals surface area contributed by atoms with Gasteiger partial charge in [0.15, 0.2) is 0 Å². The number of nitrogens with zero attached hydrogens (tertiary/aromatic N) is 2. The zero-order chi connectivity index (χ0) is 21.1. The topological polar surface area (TPSA) is 39.3 Å². The summed E-state index contributed by atoms with van der Waals surface area (Å²) >= 11 is 0. The van der Waals surface area contributed by atoms with Crippen LogP contribution in [0.5, 0.6) is 0 Å².